The number of carbonyl (C=O) groups excluding carboxylic acids is 2. The number of likely N-dealkylation sites (N-methyl/N-ethyl adjacent to an activating group) is 1. The Morgan fingerprint density at radius 1 is 1.35 bits per heavy atom. The van der Waals surface area contributed by atoms with E-state index >= 15 is 0 Å². The van der Waals surface area contributed by atoms with E-state index in [1.165, 1.54) is 7.05 Å². The number of benzene rings is 1. The first-order chi connectivity index (χ1) is 9.43. The average molecular weight is 280 g/mol. The van der Waals surface area contributed by atoms with Gasteiger partial charge in [0.05, 0.1) is 18.1 Å². The van der Waals surface area contributed by atoms with E-state index < -0.39 is 12.1 Å². The Balaban J connectivity index is 2.69. The molecule has 0 aromatic heterocycles. The number of carbonyl (C=O) groups is 2. The number of rotatable bonds is 6. The average Bonchev–Trinajstić information content (AvgIpc) is 2.37. The molecule has 0 heterocycles. The summed E-state index contributed by atoms with van der Waals surface area (Å²) in [6.07, 6.45) is -0.926. The molecule has 0 aliphatic heterocycles. The van der Waals surface area contributed by atoms with Gasteiger partial charge < -0.3 is 20.1 Å². The molecule has 1 atom stereocenters. The molecule has 0 radical (unpaired) electrons. The minimum atomic E-state index is -0.801. The first-order valence-electron chi connectivity index (χ1n) is 6.28. The van der Waals surface area contributed by atoms with E-state index in [4.69, 9.17) is 4.74 Å². The number of para-hydroxylation sites is 1. The fraction of sp³-hybridized carbons (Fsp3) is 0.429. The zero-order valence-electron chi connectivity index (χ0n) is 11.9. The second-order valence-corrected chi connectivity index (χ2v) is 4.67. The van der Waals surface area contributed by atoms with E-state index in [-0.39, 0.29) is 23.6 Å². The van der Waals surface area contributed by atoms with Crippen LogP contribution >= 0.6 is 0 Å². The van der Waals surface area contributed by atoms with Gasteiger partial charge in [0.25, 0.3) is 5.91 Å². The van der Waals surface area contributed by atoms with E-state index in [0.717, 1.165) is 0 Å². The minimum absolute atomic E-state index is 0.125. The Morgan fingerprint density at radius 3 is 2.60 bits per heavy atom. The Hall–Kier alpha value is -1.92. The van der Waals surface area contributed by atoms with Crippen LogP contribution in [0.15, 0.2) is 24.3 Å². The summed E-state index contributed by atoms with van der Waals surface area (Å²) in [7, 11) is 5.10. The molecule has 0 fully saturated rings. The zero-order chi connectivity index (χ0) is 15.1. The van der Waals surface area contributed by atoms with Gasteiger partial charge in [-0.05, 0) is 26.2 Å². The molecule has 0 aliphatic rings. The van der Waals surface area contributed by atoms with Crippen LogP contribution in [-0.4, -0.2) is 55.7 Å². The number of nitrogens with zero attached hydrogens (tertiary/aromatic N) is 1. The molecular formula is C14H20N2O4. The lowest BCUT2D eigenvalue weighted by molar-refractivity contribution is -0.136. The second kappa shape index (κ2) is 7.62. The standard InChI is InChI=1S/C14H20N2O4/c1-15-14(19)11-6-4-5-7-12(11)20-13(18)8-10(17)9-16(2)3/h4-7,10,17H,8-9H2,1-3H3,(H,15,19). The molecule has 2 N–H and O–H groups in total. The lowest BCUT2D eigenvalue weighted by Crippen LogP contribution is -2.29. The summed E-state index contributed by atoms with van der Waals surface area (Å²) < 4.78 is 5.14. The van der Waals surface area contributed by atoms with Crippen LogP contribution in [0.3, 0.4) is 0 Å². The largest absolute Gasteiger partial charge is 0.426 e. The number of aliphatic hydroxyl groups excluding tert-OH is 1. The van der Waals surface area contributed by atoms with Crippen molar-refractivity contribution in [2.75, 3.05) is 27.7 Å². The third-order valence-electron chi connectivity index (χ3n) is 2.56. The van der Waals surface area contributed by atoms with Crippen molar-refractivity contribution < 1.29 is 19.4 Å². The quantitative estimate of drug-likeness (QED) is 0.577. The maximum atomic E-state index is 11.7. The molecule has 0 saturated carbocycles. The molecule has 0 aliphatic carbocycles. The monoisotopic (exact) mass is 280 g/mol. The highest BCUT2D eigenvalue weighted by Crippen LogP contribution is 2.18. The van der Waals surface area contributed by atoms with E-state index in [9.17, 15) is 14.7 Å². The lowest BCUT2D eigenvalue weighted by Gasteiger charge is -2.15. The van der Waals surface area contributed by atoms with Gasteiger partial charge in [-0.2, -0.15) is 0 Å². The molecule has 1 aromatic rings. The highest BCUT2D eigenvalue weighted by atomic mass is 16.5. The maximum Gasteiger partial charge on any atom is 0.313 e. The van der Waals surface area contributed by atoms with Crippen molar-refractivity contribution in [3.05, 3.63) is 29.8 Å². The Bertz CT molecular complexity index is 474. The van der Waals surface area contributed by atoms with E-state index in [2.05, 4.69) is 5.32 Å². The summed E-state index contributed by atoms with van der Waals surface area (Å²) in [4.78, 5) is 25.1. The van der Waals surface area contributed by atoms with Gasteiger partial charge in [0.15, 0.2) is 0 Å². The number of hydrogen-bond donors (Lipinski definition) is 2. The molecule has 1 aromatic carbocycles. The molecule has 1 rings (SSSR count). The molecule has 20 heavy (non-hydrogen) atoms. The highest BCUT2D eigenvalue weighted by Gasteiger charge is 2.17. The number of esters is 1. The molecule has 0 saturated heterocycles. The van der Waals surface area contributed by atoms with Gasteiger partial charge in [-0.1, -0.05) is 12.1 Å². The number of ether oxygens (including phenoxy) is 1. The molecule has 1 amide bonds. The fourth-order valence-corrected chi connectivity index (χ4v) is 1.72. The van der Waals surface area contributed by atoms with Crippen LogP contribution in [0, 0.1) is 0 Å². The van der Waals surface area contributed by atoms with Crippen LogP contribution in [-0.2, 0) is 4.79 Å². The van der Waals surface area contributed by atoms with Crippen molar-refractivity contribution in [2.24, 2.45) is 0 Å². The van der Waals surface area contributed by atoms with Crippen molar-refractivity contribution in [2.45, 2.75) is 12.5 Å². The smallest absolute Gasteiger partial charge is 0.313 e. The third-order valence-corrected chi connectivity index (χ3v) is 2.56. The molecule has 1 unspecified atom stereocenters. The predicted octanol–water partition coefficient (Wildman–Crippen LogP) is 0.264. The summed E-state index contributed by atoms with van der Waals surface area (Å²) in [5.74, 6) is -0.716. The number of aliphatic hydroxyl groups is 1. The SMILES string of the molecule is CNC(=O)c1ccccc1OC(=O)CC(O)CN(C)C. The molecule has 6 nitrogen and oxygen atoms in total. The van der Waals surface area contributed by atoms with Crippen LogP contribution < -0.4 is 10.1 Å². The number of hydrogen-bond acceptors (Lipinski definition) is 5. The zero-order valence-corrected chi connectivity index (χ0v) is 11.9. The van der Waals surface area contributed by atoms with Crippen LogP contribution in [0.25, 0.3) is 0 Å². The topological polar surface area (TPSA) is 78.9 Å². The minimum Gasteiger partial charge on any atom is -0.426 e. The Morgan fingerprint density at radius 2 is 2.00 bits per heavy atom. The van der Waals surface area contributed by atoms with E-state index in [0.29, 0.717) is 6.54 Å². The normalized spacial score (nSPS) is 12.1. The summed E-state index contributed by atoms with van der Waals surface area (Å²) in [5, 5.41) is 12.1. The van der Waals surface area contributed by atoms with Gasteiger partial charge in [0, 0.05) is 13.6 Å². The van der Waals surface area contributed by atoms with Gasteiger partial charge >= 0.3 is 5.97 Å². The van der Waals surface area contributed by atoms with Crippen molar-refractivity contribution >= 4 is 11.9 Å². The molecule has 0 spiro atoms. The molecule has 0 bridgehead atoms. The van der Waals surface area contributed by atoms with E-state index in [1.54, 1.807) is 43.3 Å². The third kappa shape index (κ3) is 4.99. The summed E-state index contributed by atoms with van der Waals surface area (Å²) >= 11 is 0. The molecular weight excluding hydrogens is 260 g/mol. The predicted molar refractivity (Wildman–Crippen MR) is 74.6 cm³/mol. The van der Waals surface area contributed by atoms with Crippen molar-refractivity contribution in [1.82, 2.24) is 10.2 Å². The van der Waals surface area contributed by atoms with Crippen molar-refractivity contribution in [3.8, 4) is 5.75 Å². The van der Waals surface area contributed by atoms with Gasteiger partial charge in [0.2, 0.25) is 0 Å². The van der Waals surface area contributed by atoms with Crippen molar-refractivity contribution in [1.29, 1.82) is 0 Å². The maximum absolute atomic E-state index is 11.7. The highest BCUT2D eigenvalue weighted by molar-refractivity contribution is 5.97. The lowest BCUT2D eigenvalue weighted by atomic mass is 10.2. The second-order valence-electron chi connectivity index (χ2n) is 4.67. The van der Waals surface area contributed by atoms with Crippen LogP contribution in [0.1, 0.15) is 16.8 Å². The number of amides is 1. The molecule has 6 heteroatoms. The van der Waals surface area contributed by atoms with Gasteiger partial charge in [0.1, 0.15) is 5.75 Å². The summed E-state index contributed by atoms with van der Waals surface area (Å²) in [6, 6.07) is 6.46. The Labute approximate surface area is 118 Å². The van der Waals surface area contributed by atoms with Gasteiger partial charge in [-0.15, -0.1) is 0 Å². The first kappa shape index (κ1) is 16.1. The van der Waals surface area contributed by atoms with Crippen LogP contribution in [0.5, 0.6) is 5.75 Å². The van der Waals surface area contributed by atoms with Gasteiger partial charge in [-0.3, -0.25) is 9.59 Å². The first-order valence-corrected chi connectivity index (χ1v) is 6.28. The fourth-order valence-electron chi connectivity index (χ4n) is 1.72. The van der Waals surface area contributed by atoms with Crippen LogP contribution in [0.2, 0.25) is 0 Å². The Kier molecular flexibility index (Phi) is 6.14. The van der Waals surface area contributed by atoms with Crippen molar-refractivity contribution in [3.63, 3.8) is 0 Å². The summed E-state index contributed by atoms with van der Waals surface area (Å²) in [5.41, 5.74) is 0.283. The van der Waals surface area contributed by atoms with Crippen LogP contribution in [0.4, 0.5) is 0 Å². The van der Waals surface area contributed by atoms with E-state index in [1.807, 2.05) is 0 Å². The number of nitrogens with one attached hydrogen (secondary N) is 1. The van der Waals surface area contributed by atoms with Gasteiger partial charge in [-0.25, -0.2) is 0 Å². The summed E-state index contributed by atoms with van der Waals surface area (Å²) in [6.45, 7) is 0.367. The molecule has 110 valence electrons.